The highest BCUT2D eigenvalue weighted by Gasteiger charge is 1.98. The Morgan fingerprint density at radius 3 is 2.80 bits per heavy atom. The molecule has 0 saturated heterocycles. The fourth-order valence-electron chi connectivity index (χ4n) is 1.19. The second-order valence-corrected chi connectivity index (χ2v) is 3.38. The topological polar surface area (TPSA) is 47.8 Å². The van der Waals surface area contributed by atoms with Gasteiger partial charge in [-0.3, -0.25) is 9.78 Å². The van der Waals surface area contributed by atoms with Crippen molar-refractivity contribution in [2.45, 2.75) is 6.54 Å². The van der Waals surface area contributed by atoms with Crippen molar-refractivity contribution >= 4 is 11.6 Å². The summed E-state index contributed by atoms with van der Waals surface area (Å²) in [6, 6.07) is 5.00. The molecule has 0 aliphatic carbocycles. The molecule has 76 valence electrons. The molecule has 0 N–H and O–H groups in total. The first-order valence-corrected chi connectivity index (χ1v) is 4.75. The lowest BCUT2D eigenvalue weighted by atomic mass is 10.4. The zero-order valence-corrected chi connectivity index (χ0v) is 8.55. The van der Waals surface area contributed by atoms with Gasteiger partial charge in [0.1, 0.15) is 5.15 Å². The molecule has 0 saturated carbocycles. The average molecular weight is 222 g/mol. The summed E-state index contributed by atoms with van der Waals surface area (Å²) in [6.07, 6.45) is 4.73. The highest BCUT2D eigenvalue weighted by atomic mass is 35.5. The van der Waals surface area contributed by atoms with Crippen molar-refractivity contribution in [3.8, 4) is 0 Å². The van der Waals surface area contributed by atoms with Crippen LogP contribution in [0, 0.1) is 0 Å². The molecule has 4 nitrogen and oxygen atoms in total. The van der Waals surface area contributed by atoms with Crippen LogP contribution in [0.4, 0.5) is 0 Å². The molecule has 0 radical (unpaired) electrons. The number of hydrogen-bond acceptors (Lipinski definition) is 3. The third kappa shape index (κ3) is 2.41. The SMILES string of the molecule is O=c1ccccn1Cc1cnc(Cl)cn1. The fraction of sp³-hybridized carbons (Fsp3) is 0.100. The van der Waals surface area contributed by atoms with Crippen LogP contribution in [0.3, 0.4) is 0 Å². The predicted octanol–water partition coefficient (Wildman–Crippen LogP) is 1.34. The number of rotatable bonds is 2. The first-order valence-electron chi connectivity index (χ1n) is 4.37. The van der Waals surface area contributed by atoms with Gasteiger partial charge in [0.2, 0.25) is 0 Å². The molecular formula is C10H8ClN3O. The van der Waals surface area contributed by atoms with Gasteiger partial charge in [-0.15, -0.1) is 0 Å². The smallest absolute Gasteiger partial charge is 0.250 e. The van der Waals surface area contributed by atoms with E-state index < -0.39 is 0 Å². The maximum absolute atomic E-state index is 11.4. The van der Waals surface area contributed by atoms with Crippen molar-refractivity contribution in [3.05, 3.63) is 58.0 Å². The van der Waals surface area contributed by atoms with Crippen LogP contribution < -0.4 is 5.56 Å². The Balaban J connectivity index is 2.26. The standard InChI is InChI=1S/C10H8ClN3O/c11-9-6-12-8(5-13-9)7-14-4-2-1-3-10(14)15/h1-6H,7H2. The normalized spacial score (nSPS) is 10.2. The third-order valence-electron chi connectivity index (χ3n) is 1.91. The predicted molar refractivity (Wildman–Crippen MR) is 56.8 cm³/mol. The molecular weight excluding hydrogens is 214 g/mol. The van der Waals surface area contributed by atoms with E-state index >= 15 is 0 Å². The monoisotopic (exact) mass is 221 g/mol. The van der Waals surface area contributed by atoms with Crippen molar-refractivity contribution in [3.63, 3.8) is 0 Å². The fourth-order valence-corrected chi connectivity index (χ4v) is 1.28. The van der Waals surface area contributed by atoms with E-state index in [2.05, 4.69) is 9.97 Å². The number of pyridine rings is 1. The molecule has 0 atom stereocenters. The lowest BCUT2D eigenvalue weighted by Crippen LogP contribution is -2.18. The van der Waals surface area contributed by atoms with Crippen molar-refractivity contribution < 1.29 is 0 Å². The van der Waals surface area contributed by atoms with E-state index in [0.717, 1.165) is 0 Å². The quantitative estimate of drug-likeness (QED) is 0.769. The van der Waals surface area contributed by atoms with Crippen LogP contribution >= 0.6 is 11.6 Å². The summed E-state index contributed by atoms with van der Waals surface area (Å²) >= 11 is 5.60. The van der Waals surface area contributed by atoms with Crippen molar-refractivity contribution in [1.29, 1.82) is 0 Å². The zero-order chi connectivity index (χ0) is 10.7. The summed E-state index contributed by atoms with van der Waals surface area (Å²) in [7, 11) is 0. The van der Waals surface area contributed by atoms with E-state index in [4.69, 9.17) is 11.6 Å². The Kier molecular flexibility index (Phi) is 2.78. The van der Waals surface area contributed by atoms with E-state index in [9.17, 15) is 4.79 Å². The minimum atomic E-state index is -0.0609. The molecule has 0 aliphatic heterocycles. The second kappa shape index (κ2) is 4.23. The molecule has 0 aliphatic rings. The Labute approximate surface area is 91.2 Å². The minimum absolute atomic E-state index is 0.0609. The Hall–Kier alpha value is -1.68. The average Bonchev–Trinajstić information content (AvgIpc) is 2.25. The number of hydrogen-bond donors (Lipinski definition) is 0. The molecule has 2 aromatic rings. The molecule has 0 fully saturated rings. The van der Waals surface area contributed by atoms with Crippen LogP contribution in [-0.4, -0.2) is 14.5 Å². The summed E-state index contributed by atoms with van der Waals surface area (Å²) in [5.74, 6) is 0. The van der Waals surface area contributed by atoms with Crippen molar-refractivity contribution in [2.75, 3.05) is 0 Å². The van der Waals surface area contributed by atoms with Gasteiger partial charge in [-0.05, 0) is 6.07 Å². The first-order chi connectivity index (χ1) is 7.25. The summed E-state index contributed by atoms with van der Waals surface area (Å²) in [6.45, 7) is 0.407. The molecule has 2 rings (SSSR count). The molecule has 2 aromatic heterocycles. The van der Waals surface area contributed by atoms with Crippen LogP contribution in [0.25, 0.3) is 0 Å². The number of nitrogens with zero attached hydrogens (tertiary/aromatic N) is 3. The highest BCUT2D eigenvalue weighted by molar-refractivity contribution is 6.29. The Bertz CT molecular complexity index is 507. The number of halogens is 1. The summed E-state index contributed by atoms with van der Waals surface area (Å²) in [5, 5.41) is 0.346. The molecule has 5 heteroatoms. The summed E-state index contributed by atoms with van der Waals surface area (Å²) in [4.78, 5) is 19.3. The molecule has 0 aromatic carbocycles. The molecule has 2 heterocycles. The van der Waals surface area contributed by atoms with E-state index in [-0.39, 0.29) is 5.56 Å². The molecule has 0 amide bonds. The van der Waals surface area contributed by atoms with Crippen LogP contribution in [0.5, 0.6) is 0 Å². The second-order valence-electron chi connectivity index (χ2n) is 3.00. The van der Waals surface area contributed by atoms with Crippen LogP contribution in [0.1, 0.15) is 5.69 Å². The minimum Gasteiger partial charge on any atom is -0.309 e. The Morgan fingerprint density at radius 2 is 2.13 bits per heavy atom. The van der Waals surface area contributed by atoms with Gasteiger partial charge in [0, 0.05) is 12.3 Å². The summed E-state index contributed by atoms with van der Waals surface area (Å²) in [5.41, 5.74) is 0.641. The van der Waals surface area contributed by atoms with Gasteiger partial charge < -0.3 is 4.57 Å². The van der Waals surface area contributed by atoms with E-state index in [1.807, 2.05) is 0 Å². The van der Waals surface area contributed by atoms with Gasteiger partial charge in [0.05, 0.1) is 24.6 Å². The molecule has 0 unspecified atom stereocenters. The van der Waals surface area contributed by atoms with Crippen molar-refractivity contribution in [2.24, 2.45) is 0 Å². The van der Waals surface area contributed by atoms with Gasteiger partial charge in [-0.1, -0.05) is 17.7 Å². The van der Waals surface area contributed by atoms with Gasteiger partial charge in [-0.25, -0.2) is 4.98 Å². The van der Waals surface area contributed by atoms with Crippen LogP contribution in [0.15, 0.2) is 41.6 Å². The number of aromatic nitrogens is 3. The maximum atomic E-state index is 11.4. The van der Waals surface area contributed by atoms with Crippen LogP contribution in [0.2, 0.25) is 5.15 Å². The van der Waals surface area contributed by atoms with Gasteiger partial charge >= 0.3 is 0 Å². The van der Waals surface area contributed by atoms with E-state index in [1.165, 1.54) is 12.3 Å². The lowest BCUT2D eigenvalue weighted by Gasteiger charge is -2.03. The Morgan fingerprint density at radius 1 is 1.27 bits per heavy atom. The van der Waals surface area contributed by atoms with Gasteiger partial charge in [0.25, 0.3) is 5.56 Å². The van der Waals surface area contributed by atoms with Gasteiger partial charge in [0.15, 0.2) is 0 Å². The summed E-state index contributed by atoms with van der Waals surface area (Å²) < 4.78 is 1.55. The maximum Gasteiger partial charge on any atom is 0.250 e. The van der Waals surface area contributed by atoms with Crippen molar-refractivity contribution in [1.82, 2.24) is 14.5 Å². The highest BCUT2D eigenvalue weighted by Crippen LogP contribution is 2.01. The van der Waals surface area contributed by atoms with Gasteiger partial charge in [-0.2, -0.15) is 0 Å². The lowest BCUT2D eigenvalue weighted by molar-refractivity contribution is 0.735. The zero-order valence-electron chi connectivity index (χ0n) is 7.80. The van der Waals surface area contributed by atoms with E-state index in [0.29, 0.717) is 17.4 Å². The van der Waals surface area contributed by atoms with Crippen LogP contribution in [-0.2, 0) is 6.54 Å². The largest absolute Gasteiger partial charge is 0.309 e. The van der Waals surface area contributed by atoms with E-state index in [1.54, 1.807) is 29.1 Å². The first kappa shape index (κ1) is 9.86. The molecule has 15 heavy (non-hydrogen) atoms. The third-order valence-corrected chi connectivity index (χ3v) is 2.10. The molecule has 0 spiro atoms. The molecule has 0 bridgehead atoms.